The first-order chi connectivity index (χ1) is 16.5. The van der Waals surface area contributed by atoms with Crippen LogP contribution in [0.4, 0.5) is 4.39 Å². The van der Waals surface area contributed by atoms with Crippen molar-refractivity contribution in [1.82, 2.24) is 0 Å². The molecule has 0 bridgehead atoms. The predicted octanol–water partition coefficient (Wildman–Crippen LogP) is 4.08. The van der Waals surface area contributed by atoms with E-state index in [2.05, 4.69) is 4.52 Å². The number of hydrogen-bond donors (Lipinski definition) is 4. The highest BCUT2D eigenvalue weighted by atomic mass is 32.1. The van der Waals surface area contributed by atoms with Gasteiger partial charge in [-0.25, -0.2) is 8.96 Å². The molecule has 35 heavy (non-hydrogen) atoms. The highest BCUT2D eigenvalue weighted by Crippen LogP contribution is 2.37. The normalized spacial score (nSPS) is 13.7. The number of phosphoric ester groups is 1. The largest absolute Gasteiger partial charge is 0.469 e. The number of halogens is 1. The molecule has 0 fully saturated rings. The van der Waals surface area contributed by atoms with Gasteiger partial charge in [0, 0.05) is 26.2 Å². The average Bonchev–Trinajstić information content (AvgIpc) is 2.82. The summed E-state index contributed by atoms with van der Waals surface area (Å²) in [6.45, 7) is -1.05. The zero-order chi connectivity index (χ0) is 25.2. The fourth-order valence-electron chi connectivity index (χ4n) is 3.57. The first-order valence-electron chi connectivity index (χ1n) is 10.6. The van der Waals surface area contributed by atoms with Crippen molar-refractivity contribution >= 4 is 39.3 Å². The topological polar surface area (TPSA) is 139 Å². The van der Waals surface area contributed by atoms with Crippen molar-refractivity contribution < 1.29 is 33.1 Å². The Balaban J connectivity index is 1.60. The predicted molar refractivity (Wildman–Crippen MR) is 132 cm³/mol. The Bertz CT molecular complexity index is 1490. The van der Waals surface area contributed by atoms with E-state index >= 15 is 0 Å². The highest BCUT2D eigenvalue weighted by Gasteiger charge is 2.28. The van der Waals surface area contributed by atoms with Crippen molar-refractivity contribution in [2.45, 2.75) is 18.4 Å². The molecule has 3 aromatic carbocycles. The van der Waals surface area contributed by atoms with Crippen LogP contribution in [0.1, 0.15) is 12.0 Å². The van der Waals surface area contributed by atoms with Gasteiger partial charge in [-0.2, -0.15) is 0 Å². The maximum Gasteiger partial charge on any atom is 0.469 e. The number of aliphatic hydroxyl groups is 1. The van der Waals surface area contributed by atoms with Gasteiger partial charge in [0.2, 0.25) is 0 Å². The van der Waals surface area contributed by atoms with Crippen LogP contribution in [0, 0.1) is 5.82 Å². The number of aryl methyl sites for hydroxylation is 1. The van der Waals surface area contributed by atoms with Gasteiger partial charge in [0.1, 0.15) is 17.3 Å². The number of benzene rings is 3. The van der Waals surface area contributed by atoms with E-state index in [9.17, 15) is 18.9 Å². The van der Waals surface area contributed by atoms with Gasteiger partial charge >= 0.3 is 7.82 Å². The Morgan fingerprint density at radius 2 is 1.69 bits per heavy atom. The van der Waals surface area contributed by atoms with Crippen LogP contribution in [-0.2, 0) is 15.5 Å². The minimum Gasteiger partial charge on any atom is -0.457 e. The van der Waals surface area contributed by atoms with E-state index in [0.29, 0.717) is 28.7 Å². The van der Waals surface area contributed by atoms with E-state index < -0.39 is 32.4 Å². The molecule has 11 heteroatoms. The van der Waals surface area contributed by atoms with Crippen LogP contribution in [0.15, 0.2) is 65.5 Å². The first-order valence-corrected chi connectivity index (χ1v) is 12.9. The molecular weight excluding hydrogens is 496 g/mol. The van der Waals surface area contributed by atoms with Crippen molar-refractivity contribution in [1.29, 1.82) is 0 Å². The van der Waals surface area contributed by atoms with Gasteiger partial charge < -0.3 is 25.4 Å². The fourth-order valence-corrected chi connectivity index (χ4v) is 5.03. The Morgan fingerprint density at radius 1 is 1.00 bits per heavy atom. The minimum atomic E-state index is -4.72. The van der Waals surface area contributed by atoms with Gasteiger partial charge in [-0.3, -0.25) is 9.32 Å². The average molecular weight is 519 g/mol. The lowest BCUT2D eigenvalue weighted by atomic mass is 9.93. The number of aliphatic hydroxyl groups excluding tert-OH is 1. The monoisotopic (exact) mass is 519 g/mol. The molecule has 5 N–H and O–H groups in total. The molecule has 0 saturated heterocycles. The lowest BCUT2D eigenvalue weighted by molar-refractivity contribution is 0.102. The molecule has 4 rings (SSSR count). The van der Waals surface area contributed by atoms with Crippen LogP contribution in [-0.4, -0.2) is 33.6 Å². The minimum absolute atomic E-state index is 0.172. The summed E-state index contributed by atoms with van der Waals surface area (Å²) < 4.78 is 36.2. The molecule has 1 aromatic heterocycles. The maximum absolute atomic E-state index is 13.5. The van der Waals surface area contributed by atoms with E-state index in [1.165, 1.54) is 29.5 Å². The zero-order valence-electron chi connectivity index (χ0n) is 18.4. The number of phosphoric acid groups is 1. The summed E-state index contributed by atoms with van der Waals surface area (Å²) in [4.78, 5) is 31.1. The second-order valence-corrected chi connectivity index (χ2v) is 10.6. The lowest BCUT2D eigenvalue weighted by Crippen LogP contribution is -2.48. The number of fused-ring (bicyclic) bond motifs is 2. The molecule has 1 heterocycles. The van der Waals surface area contributed by atoms with Crippen LogP contribution >= 0.6 is 19.2 Å². The summed E-state index contributed by atoms with van der Waals surface area (Å²) in [5.41, 5.74) is 5.27. The van der Waals surface area contributed by atoms with Gasteiger partial charge in [-0.05, 0) is 60.9 Å². The SMILES string of the molecule is NC(CO)(CCc1ccc2sc3ccc(Oc4cccc(F)c4)cc3c(=O)c2c1)COP(=O)(O)O. The number of hydrogen-bond acceptors (Lipinski definition) is 7. The van der Waals surface area contributed by atoms with Crippen molar-refractivity contribution in [3.8, 4) is 11.5 Å². The zero-order valence-corrected chi connectivity index (χ0v) is 20.1. The van der Waals surface area contributed by atoms with Gasteiger partial charge in [0.05, 0.1) is 18.8 Å². The Labute approximate surface area is 203 Å². The fraction of sp³-hybridized carbons (Fsp3) is 0.208. The van der Waals surface area contributed by atoms with Crippen LogP contribution in [0.5, 0.6) is 11.5 Å². The van der Waals surface area contributed by atoms with Crippen molar-refractivity contribution in [2.24, 2.45) is 5.73 Å². The number of nitrogens with two attached hydrogens (primary N) is 1. The van der Waals surface area contributed by atoms with E-state index in [4.69, 9.17) is 20.3 Å². The maximum atomic E-state index is 13.5. The Kier molecular flexibility index (Phi) is 7.35. The second-order valence-electron chi connectivity index (χ2n) is 8.26. The van der Waals surface area contributed by atoms with Gasteiger partial charge in [-0.1, -0.05) is 12.1 Å². The van der Waals surface area contributed by atoms with Gasteiger partial charge in [0.25, 0.3) is 0 Å². The third-order valence-electron chi connectivity index (χ3n) is 5.48. The highest BCUT2D eigenvalue weighted by molar-refractivity contribution is 7.46. The molecule has 0 aliphatic heterocycles. The summed E-state index contributed by atoms with van der Waals surface area (Å²) in [5.74, 6) is 0.300. The van der Waals surface area contributed by atoms with E-state index in [0.717, 1.165) is 15.0 Å². The summed E-state index contributed by atoms with van der Waals surface area (Å²) >= 11 is 1.44. The van der Waals surface area contributed by atoms with Crippen LogP contribution < -0.4 is 15.9 Å². The molecule has 0 radical (unpaired) electrons. The standard InChI is InChI=1S/C24H23FNO7PS/c25-16-2-1-3-17(11-16)33-18-5-7-22-20(12-18)23(28)19-10-15(4-6-21(19)35-22)8-9-24(26,13-27)14-32-34(29,30)31/h1-7,10-12,27H,8-9,13-14,26H2,(H2,29,30,31). The third kappa shape index (κ3) is 6.31. The molecule has 0 aliphatic carbocycles. The Morgan fingerprint density at radius 3 is 2.37 bits per heavy atom. The van der Waals surface area contributed by atoms with E-state index in [-0.39, 0.29) is 11.8 Å². The third-order valence-corrected chi connectivity index (χ3v) is 7.10. The molecular formula is C24H23FNO7PS. The first kappa shape index (κ1) is 25.4. The molecule has 0 aliphatic rings. The van der Waals surface area contributed by atoms with Gasteiger partial charge in [0.15, 0.2) is 5.43 Å². The second kappa shape index (κ2) is 10.1. The van der Waals surface area contributed by atoms with Crippen molar-refractivity contribution in [3.63, 3.8) is 0 Å². The van der Waals surface area contributed by atoms with Crippen molar-refractivity contribution in [3.05, 3.63) is 82.3 Å². The number of ether oxygens (including phenoxy) is 1. The lowest BCUT2D eigenvalue weighted by Gasteiger charge is -2.27. The summed E-state index contributed by atoms with van der Waals surface area (Å²) in [6, 6.07) is 16.3. The smallest absolute Gasteiger partial charge is 0.457 e. The van der Waals surface area contributed by atoms with E-state index in [1.54, 1.807) is 30.3 Å². The quantitative estimate of drug-likeness (QED) is 0.192. The molecule has 0 saturated carbocycles. The molecule has 0 amide bonds. The number of rotatable bonds is 9. The van der Waals surface area contributed by atoms with Gasteiger partial charge in [-0.15, -0.1) is 11.3 Å². The Hall–Kier alpha value is -2.69. The summed E-state index contributed by atoms with van der Waals surface area (Å²) in [7, 11) is -4.72. The molecule has 8 nitrogen and oxygen atoms in total. The molecule has 1 unspecified atom stereocenters. The van der Waals surface area contributed by atoms with Crippen LogP contribution in [0.3, 0.4) is 0 Å². The summed E-state index contributed by atoms with van der Waals surface area (Å²) in [6.07, 6.45) is 0.522. The van der Waals surface area contributed by atoms with Crippen LogP contribution in [0.25, 0.3) is 20.2 Å². The molecule has 184 valence electrons. The molecule has 0 spiro atoms. The van der Waals surface area contributed by atoms with Crippen LogP contribution in [0.2, 0.25) is 0 Å². The van der Waals surface area contributed by atoms with Crippen molar-refractivity contribution in [2.75, 3.05) is 13.2 Å². The van der Waals surface area contributed by atoms with E-state index in [1.807, 2.05) is 12.1 Å². The summed E-state index contributed by atoms with van der Waals surface area (Å²) in [5, 5.41) is 10.6. The molecule has 1 atom stereocenters. The molecule has 4 aromatic rings.